The predicted octanol–water partition coefficient (Wildman–Crippen LogP) is 2.51. The van der Waals surface area contributed by atoms with Gasteiger partial charge < -0.3 is 10.6 Å². The Kier molecular flexibility index (Phi) is 5.51. The Bertz CT molecular complexity index is 1130. The first kappa shape index (κ1) is 19.6. The van der Waals surface area contributed by atoms with Gasteiger partial charge in [-0.3, -0.25) is 19.1 Å². The standard InChI is InChI=1S/C20H22N4O3S/c1-4-23(19(26)15-10-12(2)28-13(15)3)16-17(21)24(20(27)22-18(16)25)11-14-8-6-5-7-9-14/h5-10H,4,11,21H2,1-3H3,(H,22,25,27). The highest BCUT2D eigenvalue weighted by molar-refractivity contribution is 7.12. The molecule has 1 amide bonds. The highest BCUT2D eigenvalue weighted by Crippen LogP contribution is 2.25. The van der Waals surface area contributed by atoms with Crippen LogP contribution in [0.3, 0.4) is 0 Å². The number of rotatable bonds is 5. The molecule has 8 heteroatoms. The van der Waals surface area contributed by atoms with E-state index in [0.717, 1.165) is 15.3 Å². The van der Waals surface area contributed by atoms with E-state index in [-0.39, 0.29) is 30.5 Å². The topological polar surface area (TPSA) is 101 Å². The molecule has 0 fully saturated rings. The molecule has 0 saturated heterocycles. The number of aromatic amines is 1. The SMILES string of the molecule is CCN(C(=O)c1cc(C)sc1C)c1c(N)n(Cc2ccccc2)c(=O)[nH]c1=O. The average molecular weight is 398 g/mol. The van der Waals surface area contributed by atoms with Crippen LogP contribution in [0.1, 0.15) is 32.6 Å². The van der Waals surface area contributed by atoms with Gasteiger partial charge >= 0.3 is 5.69 Å². The Morgan fingerprint density at radius 1 is 1.21 bits per heavy atom. The van der Waals surface area contributed by atoms with Crippen molar-refractivity contribution in [3.63, 3.8) is 0 Å². The smallest absolute Gasteiger partial charge is 0.330 e. The van der Waals surface area contributed by atoms with Gasteiger partial charge in [0.05, 0.1) is 12.1 Å². The number of hydrogen-bond acceptors (Lipinski definition) is 5. The largest absolute Gasteiger partial charge is 0.383 e. The predicted molar refractivity (Wildman–Crippen MR) is 112 cm³/mol. The lowest BCUT2D eigenvalue weighted by Crippen LogP contribution is -2.41. The molecule has 3 rings (SSSR count). The summed E-state index contributed by atoms with van der Waals surface area (Å²) in [5, 5.41) is 0. The Morgan fingerprint density at radius 2 is 1.89 bits per heavy atom. The molecule has 28 heavy (non-hydrogen) atoms. The second-order valence-electron chi connectivity index (χ2n) is 6.44. The number of benzene rings is 1. The van der Waals surface area contributed by atoms with Crippen molar-refractivity contribution in [1.29, 1.82) is 0 Å². The number of carbonyl (C=O) groups excluding carboxylic acids is 1. The molecule has 0 aliphatic rings. The summed E-state index contributed by atoms with van der Waals surface area (Å²) in [6, 6.07) is 11.1. The summed E-state index contributed by atoms with van der Waals surface area (Å²) in [5.41, 5.74) is 6.31. The van der Waals surface area contributed by atoms with Gasteiger partial charge in [0.25, 0.3) is 11.5 Å². The van der Waals surface area contributed by atoms with Gasteiger partial charge in [-0.1, -0.05) is 30.3 Å². The van der Waals surface area contributed by atoms with Gasteiger partial charge in [0.2, 0.25) is 0 Å². The Balaban J connectivity index is 2.10. The Labute approximate surface area is 166 Å². The molecule has 2 heterocycles. The summed E-state index contributed by atoms with van der Waals surface area (Å²) in [4.78, 5) is 43.5. The number of anilines is 2. The fourth-order valence-corrected chi connectivity index (χ4v) is 4.07. The van der Waals surface area contributed by atoms with Crippen LogP contribution < -0.4 is 21.9 Å². The molecule has 0 saturated carbocycles. The molecule has 0 spiro atoms. The Hall–Kier alpha value is -3.13. The fraction of sp³-hybridized carbons (Fsp3) is 0.250. The zero-order valence-corrected chi connectivity index (χ0v) is 16.8. The summed E-state index contributed by atoms with van der Waals surface area (Å²) >= 11 is 1.52. The number of amides is 1. The minimum atomic E-state index is -0.674. The molecule has 0 unspecified atom stereocenters. The van der Waals surface area contributed by atoms with Gasteiger partial charge in [-0.25, -0.2) is 4.79 Å². The lowest BCUT2D eigenvalue weighted by atomic mass is 10.2. The number of nitrogens with one attached hydrogen (secondary N) is 1. The van der Waals surface area contributed by atoms with E-state index in [2.05, 4.69) is 4.98 Å². The van der Waals surface area contributed by atoms with E-state index in [1.807, 2.05) is 44.2 Å². The summed E-state index contributed by atoms with van der Waals surface area (Å²) in [6.07, 6.45) is 0. The normalized spacial score (nSPS) is 10.8. The van der Waals surface area contributed by atoms with Gasteiger partial charge in [-0.15, -0.1) is 11.3 Å². The quantitative estimate of drug-likeness (QED) is 0.689. The Morgan fingerprint density at radius 3 is 2.46 bits per heavy atom. The first-order valence-corrected chi connectivity index (χ1v) is 9.70. The monoisotopic (exact) mass is 398 g/mol. The molecule has 0 aliphatic heterocycles. The maximum atomic E-state index is 13.1. The van der Waals surface area contributed by atoms with Crippen molar-refractivity contribution >= 4 is 28.7 Å². The minimum absolute atomic E-state index is 0.00807. The van der Waals surface area contributed by atoms with E-state index in [9.17, 15) is 14.4 Å². The molecule has 2 aromatic heterocycles. The van der Waals surface area contributed by atoms with E-state index >= 15 is 0 Å². The van der Waals surface area contributed by atoms with Crippen molar-refractivity contribution in [3.8, 4) is 0 Å². The molecule has 0 atom stereocenters. The van der Waals surface area contributed by atoms with Crippen LogP contribution in [-0.2, 0) is 6.54 Å². The van der Waals surface area contributed by atoms with Gasteiger partial charge in [0.1, 0.15) is 5.82 Å². The number of hydrogen-bond donors (Lipinski definition) is 2. The fourth-order valence-electron chi connectivity index (χ4n) is 3.15. The van der Waals surface area contributed by atoms with Gasteiger partial charge in [-0.05, 0) is 32.4 Å². The van der Waals surface area contributed by atoms with Crippen LogP contribution >= 0.6 is 11.3 Å². The van der Waals surface area contributed by atoms with E-state index in [1.54, 1.807) is 13.0 Å². The number of carbonyl (C=O) groups is 1. The molecule has 1 aromatic carbocycles. The second kappa shape index (κ2) is 7.85. The highest BCUT2D eigenvalue weighted by atomic mass is 32.1. The number of aromatic nitrogens is 2. The second-order valence-corrected chi connectivity index (χ2v) is 7.90. The third kappa shape index (κ3) is 3.63. The zero-order chi connectivity index (χ0) is 20.4. The van der Waals surface area contributed by atoms with Crippen molar-refractivity contribution < 1.29 is 4.79 Å². The maximum absolute atomic E-state index is 13.1. The van der Waals surface area contributed by atoms with Crippen LogP contribution in [0.5, 0.6) is 0 Å². The molecule has 3 aromatic rings. The molecule has 0 bridgehead atoms. The van der Waals surface area contributed by atoms with Crippen molar-refractivity contribution in [2.45, 2.75) is 27.3 Å². The molecule has 0 aliphatic carbocycles. The lowest BCUT2D eigenvalue weighted by molar-refractivity contribution is 0.0988. The molecule has 0 radical (unpaired) electrons. The minimum Gasteiger partial charge on any atom is -0.383 e. The summed E-state index contributed by atoms with van der Waals surface area (Å²) in [5.74, 6) is -0.344. The van der Waals surface area contributed by atoms with Gasteiger partial charge in [-0.2, -0.15) is 0 Å². The van der Waals surface area contributed by atoms with Crippen LogP contribution in [0.15, 0.2) is 46.0 Å². The van der Waals surface area contributed by atoms with Crippen LogP contribution in [0, 0.1) is 13.8 Å². The van der Waals surface area contributed by atoms with Crippen molar-refractivity contribution in [2.75, 3.05) is 17.2 Å². The van der Waals surface area contributed by atoms with E-state index < -0.39 is 11.2 Å². The number of nitrogens with two attached hydrogens (primary N) is 1. The maximum Gasteiger partial charge on any atom is 0.330 e. The highest BCUT2D eigenvalue weighted by Gasteiger charge is 2.25. The number of H-pyrrole nitrogens is 1. The van der Waals surface area contributed by atoms with Crippen LogP contribution in [0.4, 0.5) is 11.5 Å². The van der Waals surface area contributed by atoms with E-state index in [4.69, 9.17) is 5.73 Å². The van der Waals surface area contributed by atoms with Gasteiger partial charge in [0.15, 0.2) is 5.69 Å². The summed E-state index contributed by atoms with van der Waals surface area (Å²) < 4.78 is 1.27. The zero-order valence-electron chi connectivity index (χ0n) is 16.0. The molecular weight excluding hydrogens is 376 g/mol. The number of nitrogen functional groups attached to an aromatic ring is 1. The molecule has 3 N–H and O–H groups in total. The first-order valence-electron chi connectivity index (χ1n) is 8.88. The van der Waals surface area contributed by atoms with Crippen molar-refractivity contribution in [1.82, 2.24) is 9.55 Å². The number of aryl methyl sites for hydroxylation is 2. The van der Waals surface area contributed by atoms with Crippen LogP contribution in [-0.4, -0.2) is 22.0 Å². The van der Waals surface area contributed by atoms with E-state index in [0.29, 0.717) is 5.56 Å². The summed E-state index contributed by atoms with van der Waals surface area (Å²) in [7, 11) is 0. The number of thiophene rings is 1. The average Bonchev–Trinajstić information content (AvgIpc) is 3.00. The molecule has 146 valence electrons. The number of nitrogens with zero attached hydrogens (tertiary/aromatic N) is 2. The van der Waals surface area contributed by atoms with Crippen molar-refractivity contribution in [3.05, 3.63) is 78.1 Å². The first-order chi connectivity index (χ1) is 13.3. The molecular formula is C20H22N4O3S. The van der Waals surface area contributed by atoms with Crippen LogP contribution in [0.25, 0.3) is 0 Å². The van der Waals surface area contributed by atoms with E-state index in [1.165, 1.54) is 20.8 Å². The van der Waals surface area contributed by atoms with Gasteiger partial charge in [0, 0.05) is 16.3 Å². The van der Waals surface area contributed by atoms with Crippen LogP contribution in [0.2, 0.25) is 0 Å². The van der Waals surface area contributed by atoms with Crippen molar-refractivity contribution in [2.24, 2.45) is 0 Å². The third-order valence-corrected chi connectivity index (χ3v) is 5.47. The third-order valence-electron chi connectivity index (χ3n) is 4.50. The lowest BCUT2D eigenvalue weighted by Gasteiger charge is -2.23. The summed E-state index contributed by atoms with van der Waals surface area (Å²) in [6.45, 7) is 5.98. The molecule has 7 nitrogen and oxygen atoms in total.